The lowest BCUT2D eigenvalue weighted by atomic mass is 10.2. The lowest BCUT2D eigenvalue weighted by Crippen LogP contribution is -2.51. The number of aliphatic hydroxyl groups excluding tert-OH is 1. The van der Waals surface area contributed by atoms with Crippen molar-refractivity contribution in [2.45, 2.75) is 18.6 Å². The van der Waals surface area contributed by atoms with E-state index in [9.17, 15) is 14.7 Å². The van der Waals surface area contributed by atoms with Crippen molar-refractivity contribution in [3.05, 3.63) is 0 Å². The van der Waals surface area contributed by atoms with E-state index in [0.717, 1.165) is 0 Å². The van der Waals surface area contributed by atoms with Crippen LogP contribution < -0.4 is 0 Å². The topological polar surface area (TPSA) is 90.3 Å². The third kappa shape index (κ3) is 2.50. The van der Waals surface area contributed by atoms with E-state index in [4.69, 9.17) is 9.84 Å². The van der Waals surface area contributed by atoms with Crippen LogP contribution in [0, 0.1) is 0 Å². The number of rotatable bonds is 1. The van der Waals surface area contributed by atoms with Crippen LogP contribution in [0.25, 0.3) is 0 Å². The van der Waals surface area contributed by atoms with Crippen molar-refractivity contribution in [2.24, 2.45) is 0 Å². The monoisotopic (exact) mass is 244 g/mol. The second-order valence-electron chi connectivity index (χ2n) is 4.28. The first-order chi connectivity index (χ1) is 8.09. The number of amides is 2. The fourth-order valence-corrected chi connectivity index (χ4v) is 2.20. The van der Waals surface area contributed by atoms with E-state index >= 15 is 0 Å². The van der Waals surface area contributed by atoms with Crippen molar-refractivity contribution in [1.82, 2.24) is 9.80 Å². The Balaban J connectivity index is 2.04. The number of urea groups is 1. The van der Waals surface area contributed by atoms with Crippen LogP contribution in [-0.4, -0.2) is 77.0 Å². The van der Waals surface area contributed by atoms with E-state index in [-0.39, 0.29) is 19.0 Å². The number of likely N-dealkylation sites (tertiary alicyclic amines) is 1. The zero-order valence-electron chi connectivity index (χ0n) is 9.41. The van der Waals surface area contributed by atoms with Gasteiger partial charge in [-0.25, -0.2) is 9.59 Å². The minimum absolute atomic E-state index is 0.0904. The van der Waals surface area contributed by atoms with Crippen molar-refractivity contribution >= 4 is 12.0 Å². The summed E-state index contributed by atoms with van der Waals surface area (Å²) in [7, 11) is 0. The van der Waals surface area contributed by atoms with Gasteiger partial charge in [-0.2, -0.15) is 0 Å². The molecule has 0 spiro atoms. The first kappa shape index (κ1) is 12.1. The molecular weight excluding hydrogens is 228 g/mol. The number of carboxylic acids is 1. The Bertz CT molecular complexity index is 316. The van der Waals surface area contributed by atoms with Gasteiger partial charge < -0.3 is 24.7 Å². The molecule has 7 nitrogen and oxygen atoms in total. The largest absolute Gasteiger partial charge is 0.480 e. The molecule has 0 saturated carbocycles. The number of aliphatic carboxylic acids is 1. The molecule has 2 rings (SSSR count). The fourth-order valence-electron chi connectivity index (χ4n) is 2.20. The van der Waals surface area contributed by atoms with Gasteiger partial charge in [-0.1, -0.05) is 0 Å². The van der Waals surface area contributed by atoms with Crippen LogP contribution in [0.5, 0.6) is 0 Å². The molecule has 0 aromatic rings. The number of morpholine rings is 1. The lowest BCUT2D eigenvalue weighted by Gasteiger charge is -2.32. The summed E-state index contributed by atoms with van der Waals surface area (Å²) in [5, 5.41) is 18.5. The van der Waals surface area contributed by atoms with E-state index in [1.807, 2.05) is 0 Å². The van der Waals surface area contributed by atoms with Crippen LogP contribution in [0.2, 0.25) is 0 Å². The summed E-state index contributed by atoms with van der Waals surface area (Å²) >= 11 is 0. The van der Waals surface area contributed by atoms with Gasteiger partial charge in [0.15, 0.2) is 0 Å². The third-order valence-electron chi connectivity index (χ3n) is 3.09. The number of nitrogens with zero attached hydrogens (tertiary/aromatic N) is 2. The summed E-state index contributed by atoms with van der Waals surface area (Å²) in [6, 6.07) is -1.24. The Morgan fingerprint density at radius 3 is 2.47 bits per heavy atom. The van der Waals surface area contributed by atoms with Gasteiger partial charge in [0.2, 0.25) is 0 Å². The van der Waals surface area contributed by atoms with Gasteiger partial charge in [-0.15, -0.1) is 0 Å². The van der Waals surface area contributed by atoms with E-state index < -0.39 is 18.1 Å². The maximum atomic E-state index is 12.1. The van der Waals surface area contributed by atoms with Gasteiger partial charge in [0, 0.05) is 26.1 Å². The number of carbonyl (C=O) groups is 2. The molecule has 17 heavy (non-hydrogen) atoms. The molecule has 0 bridgehead atoms. The molecule has 2 saturated heterocycles. The van der Waals surface area contributed by atoms with Crippen molar-refractivity contribution in [2.75, 3.05) is 32.8 Å². The lowest BCUT2D eigenvalue weighted by molar-refractivity contribution is -0.141. The SMILES string of the molecule is O=C(O)[C@@H]1C[C@@H](O)CN1C(=O)N1CCOCC1. The molecule has 2 amide bonds. The summed E-state index contributed by atoms with van der Waals surface area (Å²) in [6.45, 7) is 1.97. The van der Waals surface area contributed by atoms with E-state index in [1.165, 1.54) is 4.90 Å². The molecule has 2 N–H and O–H groups in total. The predicted molar refractivity (Wildman–Crippen MR) is 56.5 cm³/mol. The molecule has 0 unspecified atom stereocenters. The van der Waals surface area contributed by atoms with Crippen LogP contribution in [-0.2, 0) is 9.53 Å². The van der Waals surface area contributed by atoms with Crippen molar-refractivity contribution in [3.8, 4) is 0 Å². The highest BCUT2D eigenvalue weighted by atomic mass is 16.5. The smallest absolute Gasteiger partial charge is 0.326 e. The summed E-state index contributed by atoms with van der Waals surface area (Å²) in [5.74, 6) is -1.07. The number of hydrogen-bond donors (Lipinski definition) is 2. The molecule has 2 atom stereocenters. The molecular formula is C10H16N2O5. The standard InChI is InChI=1S/C10H16N2O5/c13-7-5-8(9(14)15)12(6-7)10(16)11-1-3-17-4-2-11/h7-8,13H,1-6H2,(H,14,15)/t7-,8+/m1/s1. The minimum Gasteiger partial charge on any atom is -0.480 e. The zero-order chi connectivity index (χ0) is 12.4. The molecule has 7 heteroatoms. The Hall–Kier alpha value is -1.34. The van der Waals surface area contributed by atoms with Crippen molar-refractivity contribution in [1.29, 1.82) is 0 Å². The summed E-state index contributed by atoms with van der Waals surface area (Å²) in [6.07, 6.45) is -0.646. The molecule has 0 radical (unpaired) electrons. The normalized spacial score (nSPS) is 29.5. The highest BCUT2D eigenvalue weighted by molar-refractivity contribution is 5.83. The predicted octanol–water partition coefficient (Wildman–Crippen LogP) is -1.04. The van der Waals surface area contributed by atoms with E-state index in [1.54, 1.807) is 4.90 Å². The number of aliphatic hydroxyl groups is 1. The molecule has 2 aliphatic rings. The summed E-state index contributed by atoms with van der Waals surface area (Å²) < 4.78 is 5.13. The van der Waals surface area contributed by atoms with Crippen molar-refractivity contribution in [3.63, 3.8) is 0 Å². The van der Waals surface area contributed by atoms with Crippen LogP contribution in [0.15, 0.2) is 0 Å². The van der Waals surface area contributed by atoms with E-state index in [0.29, 0.717) is 26.3 Å². The first-order valence-corrected chi connectivity index (χ1v) is 5.63. The Labute approximate surface area is 98.6 Å². The van der Waals surface area contributed by atoms with Gasteiger partial charge in [0.05, 0.1) is 19.3 Å². The second kappa shape index (κ2) is 4.89. The quantitative estimate of drug-likeness (QED) is 0.615. The zero-order valence-corrected chi connectivity index (χ0v) is 9.41. The Kier molecular flexibility index (Phi) is 3.49. The maximum absolute atomic E-state index is 12.1. The molecule has 2 fully saturated rings. The fraction of sp³-hybridized carbons (Fsp3) is 0.800. The Morgan fingerprint density at radius 1 is 1.24 bits per heavy atom. The van der Waals surface area contributed by atoms with Gasteiger partial charge in [-0.05, 0) is 0 Å². The van der Waals surface area contributed by atoms with Crippen molar-refractivity contribution < 1.29 is 24.5 Å². The second-order valence-corrected chi connectivity index (χ2v) is 4.28. The molecule has 96 valence electrons. The maximum Gasteiger partial charge on any atom is 0.326 e. The average Bonchev–Trinajstić information content (AvgIpc) is 2.72. The molecule has 0 aromatic carbocycles. The summed E-state index contributed by atoms with van der Waals surface area (Å²) in [4.78, 5) is 25.9. The molecule has 2 heterocycles. The summed E-state index contributed by atoms with van der Waals surface area (Å²) in [5.41, 5.74) is 0. The number of hydrogen-bond acceptors (Lipinski definition) is 4. The van der Waals surface area contributed by atoms with Gasteiger partial charge in [-0.3, -0.25) is 0 Å². The highest BCUT2D eigenvalue weighted by Crippen LogP contribution is 2.20. The number of ether oxygens (including phenoxy) is 1. The highest BCUT2D eigenvalue weighted by Gasteiger charge is 2.40. The van der Waals surface area contributed by atoms with Gasteiger partial charge >= 0.3 is 12.0 Å². The van der Waals surface area contributed by atoms with E-state index in [2.05, 4.69) is 0 Å². The van der Waals surface area contributed by atoms with Gasteiger partial charge in [0.1, 0.15) is 6.04 Å². The minimum atomic E-state index is -1.07. The molecule has 0 aliphatic carbocycles. The first-order valence-electron chi connectivity index (χ1n) is 5.63. The number of carboxylic acid groups (broad SMARTS) is 1. The average molecular weight is 244 g/mol. The third-order valence-corrected chi connectivity index (χ3v) is 3.09. The van der Waals surface area contributed by atoms with Gasteiger partial charge in [0.25, 0.3) is 0 Å². The Morgan fingerprint density at radius 2 is 1.88 bits per heavy atom. The van der Waals surface area contributed by atoms with Crippen LogP contribution in [0.4, 0.5) is 4.79 Å². The van der Waals surface area contributed by atoms with Crippen LogP contribution >= 0.6 is 0 Å². The molecule has 2 aliphatic heterocycles. The molecule has 0 aromatic heterocycles. The van der Waals surface area contributed by atoms with Crippen LogP contribution in [0.3, 0.4) is 0 Å². The van der Waals surface area contributed by atoms with Crippen LogP contribution in [0.1, 0.15) is 6.42 Å². The number of carbonyl (C=O) groups excluding carboxylic acids is 1. The number of β-amino-alcohol motifs (C(OH)–C–C–N with tert-alkyl or cyclic N) is 1.